The van der Waals surface area contributed by atoms with Gasteiger partial charge in [-0.25, -0.2) is 4.98 Å². The highest BCUT2D eigenvalue weighted by atomic mass is 16.5. The second-order valence-corrected chi connectivity index (χ2v) is 7.42. The minimum Gasteiger partial charge on any atom is -0.378 e. The van der Waals surface area contributed by atoms with Crippen molar-refractivity contribution < 1.29 is 9.26 Å². The fourth-order valence-electron chi connectivity index (χ4n) is 3.78. The van der Waals surface area contributed by atoms with Crippen molar-refractivity contribution in [3.05, 3.63) is 67.0 Å². The number of benzene rings is 1. The summed E-state index contributed by atoms with van der Waals surface area (Å²) in [5.41, 5.74) is 4.01. The third kappa shape index (κ3) is 3.38. The molecule has 1 fully saturated rings. The second kappa shape index (κ2) is 7.86. The quantitative estimate of drug-likeness (QED) is 0.433. The molecule has 1 saturated heterocycles. The van der Waals surface area contributed by atoms with Gasteiger partial charge in [0.2, 0.25) is 5.82 Å². The van der Waals surface area contributed by atoms with Crippen LogP contribution in [-0.2, 0) is 4.74 Å². The summed E-state index contributed by atoms with van der Waals surface area (Å²) in [5.74, 6) is 1.81. The zero-order valence-electron chi connectivity index (χ0n) is 17.1. The van der Waals surface area contributed by atoms with Crippen molar-refractivity contribution >= 4 is 11.5 Å². The number of ether oxygens (including phenoxy) is 1. The van der Waals surface area contributed by atoms with Gasteiger partial charge in [-0.2, -0.15) is 14.6 Å². The van der Waals surface area contributed by atoms with Gasteiger partial charge in [0.05, 0.1) is 18.9 Å². The highest BCUT2D eigenvalue weighted by molar-refractivity contribution is 5.69. The van der Waals surface area contributed by atoms with Gasteiger partial charge in [-0.3, -0.25) is 4.98 Å². The summed E-state index contributed by atoms with van der Waals surface area (Å²) in [5, 5.41) is 9.02. The van der Waals surface area contributed by atoms with Crippen molar-refractivity contribution in [2.24, 2.45) is 0 Å². The van der Waals surface area contributed by atoms with Crippen LogP contribution in [0.4, 0.5) is 5.82 Å². The Bertz CT molecular complexity index is 1360. The number of hydrogen-bond donors (Lipinski definition) is 0. The normalized spacial score (nSPS) is 14.2. The van der Waals surface area contributed by atoms with Crippen LogP contribution in [0.2, 0.25) is 0 Å². The standard InChI is InChI=1S/C23H19N7O2/c1-2-4-17(5-3-1)23-26-22(28-32-23)19-15-21(29-10-12-31-13-11-29)30-20(25-19)14-18(27-30)16-6-8-24-9-7-16/h1-9,14-15H,10-13H2. The van der Waals surface area contributed by atoms with E-state index in [1.54, 1.807) is 12.4 Å². The molecule has 1 aliphatic rings. The predicted molar refractivity (Wildman–Crippen MR) is 118 cm³/mol. The molecule has 0 N–H and O–H groups in total. The van der Waals surface area contributed by atoms with Crippen molar-refractivity contribution in [3.8, 4) is 34.2 Å². The zero-order chi connectivity index (χ0) is 21.3. The number of aromatic nitrogens is 6. The van der Waals surface area contributed by atoms with E-state index in [1.165, 1.54) is 0 Å². The Labute approximate surface area is 183 Å². The third-order valence-corrected chi connectivity index (χ3v) is 5.40. The summed E-state index contributed by atoms with van der Waals surface area (Å²) in [4.78, 5) is 15.7. The lowest BCUT2D eigenvalue weighted by Gasteiger charge is -2.29. The van der Waals surface area contributed by atoms with Crippen LogP contribution in [-0.4, -0.2) is 56.0 Å². The molecule has 0 bridgehead atoms. The summed E-state index contributed by atoms with van der Waals surface area (Å²) in [7, 11) is 0. The van der Waals surface area contributed by atoms with E-state index in [4.69, 9.17) is 19.3 Å². The molecule has 0 amide bonds. The van der Waals surface area contributed by atoms with Crippen molar-refractivity contribution in [2.75, 3.05) is 31.2 Å². The first-order valence-corrected chi connectivity index (χ1v) is 10.4. The molecule has 0 atom stereocenters. The predicted octanol–water partition coefficient (Wildman–Crippen LogP) is 3.34. The van der Waals surface area contributed by atoms with Gasteiger partial charge in [0, 0.05) is 48.7 Å². The number of rotatable bonds is 4. The van der Waals surface area contributed by atoms with Crippen LogP contribution in [0.25, 0.3) is 39.9 Å². The Morgan fingerprint density at radius 3 is 2.44 bits per heavy atom. The molecule has 9 heteroatoms. The minimum atomic E-state index is 0.438. The van der Waals surface area contributed by atoms with Gasteiger partial charge in [-0.15, -0.1) is 0 Å². The molecule has 32 heavy (non-hydrogen) atoms. The van der Waals surface area contributed by atoms with Gasteiger partial charge >= 0.3 is 0 Å². The molecule has 4 aromatic heterocycles. The van der Waals surface area contributed by atoms with E-state index in [2.05, 4.69) is 20.0 Å². The summed E-state index contributed by atoms with van der Waals surface area (Å²) >= 11 is 0. The first-order valence-electron chi connectivity index (χ1n) is 10.4. The smallest absolute Gasteiger partial charge is 0.258 e. The van der Waals surface area contributed by atoms with Gasteiger partial charge in [-0.05, 0) is 24.3 Å². The highest BCUT2D eigenvalue weighted by Gasteiger charge is 2.21. The second-order valence-electron chi connectivity index (χ2n) is 7.42. The van der Waals surface area contributed by atoms with E-state index >= 15 is 0 Å². The highest BCUT2D eigenvalue weighted by Crippen LogP contribution is 2.28. The summed E-state index contributed by atoms with van der Waals surface area (Å²) in [6.07, 6.45) is 3.51. The van der Waals surface area contributed by atoms with Crippen molar-refractivity contribution in [1.82, 2.24) is 29.7 Å². The van der Waals surface area contributed by atoms with Crippen molar-refractivity contribution in [1.29, 1.82) is 0 Å². The van der Waals surface area contributed by atoms with Gasteiger partial charge in [0.15, 0.2) is 5.65 Å². The van der Waals surface area contributed by atoms with Gasteiger partial charge < -0.3 is 14.2 Å². The van der Waals surface area contributed by atoms with Gasteiger partial charge in [0.25, 0.3) is 5.89 Å². The molecule has 0 radical (unpaired) electrons. The van der Waals surface area contributed by atoms with Crippen LogP contribution in [0.1, 0.15) is 0 Å². The van der Waals surface area contributed by atoms with E-state index < -0.39 is 0 Å². The monoisotopic (exact) mass is 425 g/mol. The molecule has 0 saturated carbocycles. The summed E-state index contributed by atoms with van der Waals surface area (Å²) < 4.78 is 12.9. The zero-order valence-corrected chi connectivity index (χ0v) is 17.1. The summed E-state index contributed by atoms with van der Waals surface area (Å²) in [6.45, 7) is 2.87. The van der Waals surface area contributed by atoms with Gasteiger partial charge in [0.1, 0.15) is 11.5 Å². The molecular weight excluding hydrogens is 406 g/mol. The van der Waals surface area contributed by atoms with E-state index in [1.807, 2.05) is 59.1 Å². The lowest BCUT2D eigenvalue weighted by Crippen LogP contribution is -2.37. The summed E-state index contributed by atoms with van der Waals surface area (Å²) in [6, 6.07) is 17.5. The molecule has 5 aromatic rings. The molecule has 0 unspecified atom stereocenters. The number of nitrogens with zero attached hydrogens (tertiary/aromatic N) is 7. The SMILES string of the molecule is c1ccc(-c2nc(-c3cc(N4CCOCC4)n4nc(-c5ccncc5)cc4n3)no2)cc1. The number of hydrogen-bond acceptors (Lipinski definition) is 8. The lowest BCUT2D eigenvalue weighted by atomic mass is 10.2. The van der Waals surface area contributed by atoms with Crippen LogP contribution in [0.3, 0.4) is 0 Å². The van der Waals surface area contributed by atoms with E-state index in [9.17, 15) is 0 Å². The average Bonchev–Trinajstić information content (AvgIpc) is 3.53. The maximum Gasteiger partial charge on any atom is 0.258 e. The Morgan fingerprint density at radius 2 is 1.62 bits per heavy atom. The van der Waals surface area contributed by atoms with E-state index in [-0.39, 0.29) is 0 Å². The Hall–Kier alpha value is -4.11. The fraction of sp³-hybridized carbons (Fsp3) is 0.174. The number of pyridine rings is 1. The van der Waals surface area contributed by atoms with Crippen molar-refractivity contribution in [3.63, 3.8) is 0 Å². The van der Waals surface area contributed by atoms with Crippen LogP contribution in [0.15, 0.2) is 71.5 Å². The Morgan fingerprint density at radius 1 is 0.812 bits per heavy atom. The molecule has 5 heterocycles. The molecule has 6 rings (SSSR count). The van der Waals surface area contributed by atoms with Crippen molar-refractivity contribution in [2.45, 2.75) is 0 Å². The van der Waals surface area contributed by atoms with E-state index in [0.717, 1.165) is 35.7 Å². The topological polar surface area (TPSA) is 94.5 Å². The molecule has 9 nitrogen and oxygen atoms in total. The average molecular weight is 425 g/mol. The van der Waals surface area contributed by atoms with Crippen LogP contribution >= 0.6 is 0 Å². The van der Waals surface area contributed by atoms with Crippen LogP contribution < -0.4 is 4.90 Å². The molecule has 0 spiro atoms. The minimum absolute atomic E-state index is 0.438. The van der Waals surface area contributed by atoms with Crippen LogP contribution in [0.5, 0.6) is 0 Å². The first-order chi connectivity index (χ1) is 15.8. The maximum absolute atomic E-state index is 5.54. The molecular formula is C23H19N7O2. The molecule has 158 valence electrons. The van der Waals surface area contributed by atoms with E-state index in [0.29, 0.717) is 36.3 Å². The number of fused-ring (bicyclic) bond motifs is 1. The first kappa shape index (κ1) is 18.6. The molecule has 1 aromatic carbocycles. The fourth-order valence-corrected chi connectivity index (χ4v) is 3.78. The molecule has 1 aliphatic heterocycles. The number of morpholine rings is 1. The van der Waals surface area contributed by atoms with Gasteiger partial charge in [-0.1, -0.05) is 23.4 Å². The largest absolute Gasteiger partial charge is 0.378 e. The van der Waals surface area contributed by atoms with Crippen LogP contribution in [0, 0.1) is 0 Å². The molecule has 0 aliphatic carbocycles. The Kier molecular flexibility index (Phi) is 4.58. The lowest BCUT2D eigenvalue weighted by molar-refractivity contribution is 0.122. The number of anilines is 1. The Balaban J connectivity index is 1.48. The third-order valence-electron chi connectivity index (χ3n) is 5.40. The maximum atomic E-state index is 5.54.